The molecule has 0 aliphatic rings. The standard InChI is InChI=1S/C17H21N3O2/c1-2-22-13-15-7-3-4-8-16(15)20-17(21)19-11-9-14-6-5-10-18-12-14/h3-8,10,12H,2,9,11,13H2,1H3,(H2,19,20,21). The number of anilines is 1. The Balaban J connectivity index is 1.81. The lowest BCUT2D eigenvalue weighted by atomic mass is 10.2. The fraction of sp³-hybridized carbons (Fsp3) is 0.294. The number of pyridine rings is 1. The van der Waals surface area contributed by atoms with Crippen LogP contribution in [0.3, 0.4) is 0 Å². The maximum absolute atomic E-state index is 12.0. The quantitative estimate of drug-likeness (QED) is 0.826. The van der Waals surface area contributed by atoms with Crippen LogP contribution in [0.2, 0.25) is 0 Å². The number of carbonyl (C=O) groups is 1. The molecule has 0 saturated heterocycles. The zero-order valence-corrected chi connectivity index (χ0v) is 12.7. The Labute approximate surface area is 130 Å². The molecule has 2 aromatic rings. The predicted molar refractivity (Wildman–Crippen MR) is 86.7 cm³/mol. The Bertz CT molecular complexity index is 587. The molecule has 0 fully saturated rings. The maximum atomic E-state index is 12.0. The molecule has 22 heavy (non-hydrogen) atoms. The van der Waals surface area contributed by atoms with Crippen LogP contribution in [0, 0.1) is 0 Å². The molecule has 116 valence electrons. The van der Waals surface area contributed by atoms with E-state index < -0.39 is 0 Å². The smallest absolute Gasteiger partial charge is 0.319 e. The summed E-state index contributed by atoms with van der Waals surface area (Å²) in [5.41, 5.74) is 2.83. The van der Waals surface area contributed by atoms with Crippen molar-refractivity contribution >= 4 is 11.7 Å². The van der Waals surface area contributed by atoms with Crippen molar-refractivity contribution in [2.75, 3.05) is 18.5 Å². The fourth-order valence-corrected chi connectivity index (χ4v) is 2.01. The largest absolute Gasteiger partial charge is 0.377 e. The van der Waals surface area contributed by atoms with E-state index in [1.807, 2.05) is 43.3 Å². The highest BCUT2D eigenvalue weighted by molar-refractivity contribution is 5.90. The molecule has 0 spiro atoms. The van der Waals surface area contributed by atoms with Crippen molar-refractivity contribution in [2.24, 2.45) is 0 Å². The third-order valence-electron chi connectivity index (χ3n) is 3.15. The van der Waals surface area contributed by atoms with Crippen LogP contribution in [0.5, 0.6) is 0 Å². The number of nitrogens with zero attached hydrogens (tertiary/aromatic N) is 1. The van der Waals surface area contributed by atoms with Crippen molar-refractivity contribution in [2.45, 2.75) is 20.0 Å². The minimum absolute atomic E-state index is 0.215. The molecule has 0 aliphatic carbocycles. The second-order valence-electron chi connectivity index (χ2n) is 4.79. The van der Waals surface area contributed by atoms with Gasteiger partial charge in [0.1, 0.15) is 0 Å². The number of hydrogen-bond acceptors (Lipinski definition) is 3. The summed E-state index contributed by atoms with van der Waals surface area (Å²) in [6.45, 7) is 3.64. The van der Waals surface area contributed by atoms with Gasteiger partial charge in [0.25, 0.3) is 0 Å². The summed E-state index contributed by atoms with van der Waals surface area (Å²) in [5.74, 6) is 0. The average molecular weight is 299 g/mol. The Morgan fingerprint density at radius 1 is 1.23 bits per heavy atom. The molecule has 0 radical (unpaired) electrons. The lowest BCUT2D eigenvalue weighted by Crippen LogP contribution is -2.30. The van der Waals surface area contributed by atoms with E-state index >= 15 is 0 Å². The van der Waals surface area contributed by atoms with Crippen LogP contribution < -0.4 is 10.6 Å². The van der Waals surface area contributed by atoms with E-state index in [1.165, 1.54) is 0 Å². The fourth-order valence-electron chi connectivity index (χ4n) is 2.01. The summed E-state index contributed by atoms with van der Waals surface area (Å²) in [4.78, 5) is 16.0. The third kappa shape index (κ3) is 5.18. The highest BCUT2D eigenvalue weighted by Gasteiger charge is 2.06. The van der Waals surface area contributed by atoms with Gasteiger partial charge in [0.2, 0.25) is 0 Å². The van der Waals surface area contributed by atoms with Crippen LogP contribution in [0.25, 0.3) is 0 Å². The van der Waals surface area contributed by atoms with Gasteiger partial charge < -0.3 is 15.4 Å². The van der Waals surface area contributed by atoms with Crippen molar-refractivity contribution in [3.63, 3.8) is 0 Å². The van der Waals surface area contributed by atoms with E-state index in [0.29, 0.717) is 19.8 Å². The van der Waals surface area contributed by atoms with Gasteiger partial charge >= 0.3 is 6.03 Å². The molecular formula is C17H21N3O2. The number of aromatic nitrogens is 1. The molecule has 0 atom stereocenters. The van der Waals surface area contributed by atoms with Crippen LogP contribution in [-0.2, 0) is 17.8 Å². The zero-order chi connectivity index (χ0) is 15.6. The first-order chi connectivity index (χ1) is 10.8. The van der Waals surface area contributed by atoms with Crippen LogP contribution in [0.1, 0.15) is 18.1 Å². The summed E-state index contributed by atoms with van der Waals surface area (Å²) in [7, 11) is 0. The van der Waals surface area contributed by atoms with Crippen molar-refractivity contribution in [3.8, 4) is 0 Å². The van der Waals surface area contributed by atoms with Gasteiger partial charge in [-0.15, -0.1) is 0 Å². The van der Waals surface area contributed by atoms with E-state index in [-0.39, 0.29) is 6.03 Å². The molecule has 1 aromatic heterocycles. The van der Waals surface area contributed by atoms with Crippen LogP contribution in [-0.4, -0.2) is 24.2 Å². The number of rotatable bonds is 7. The number of hydrogen-bond donors (Lipinski definition) is 2. The van der Waals surface area contributed by atoms with Crippen LogP contribution >= 0.6 is 0 Å². The third-order valence-corrected chi connectivity index (χ3v) is 3.15. The van der Waals surface area contributed by atoms with Gasteiger partial charge in [-0.1, -0.05) is 24.3 Å². The normalized spacial score (nSPS) is 10.2. The topological polar surface area (TPSA) is 63.2 Å². The summed E-state index contributed by atoms with van der Waals surface area (Å²) >= 11 is 0. The molecule has 1 aromatic carbocycles. The molecule has 1 heterocycles. The van der Waals surface area contributed by atoms with Gasteiger partial charge in [-0.05, 0) is 31.0 Å². The van der Waals surface area contributed by atoms with Crippen molar-refractivity contribution in [1.82, 2.24) is 10.3 Å². The lowest BCUT2D eigenvalue weighted by Gasteiger charge is -2.12. The highest BCUT2D eigenvalue weighted by atomic mass is 16.5. The van der Waals surface area contributed by atoms with Gasteiger partial charge in [-0.2, -0.15) is 0 Å². The molecule has 5 nitrogen and oxygen atoms in total. The number of ether oxygens (including phenoxy) is 1. The molecule has 2 rings (SSSR count). The Morgan fingerprint density at radius 3 is 2.86 bits per heavy atom. The zero-order valence-electron chi connectivity index (χ0n) is 12.7. The van der Waals surface area contributed by atoms with Gasteiger partial charge in [-0.3, -0.25) is 4.98 Å². The second-order valence-corrected chi connectivity index (χ2v) is 4.79. The SMILES string of the molecule is CCOCc1ccccc1NC(=O)NCCc1cccnc1. The van der Waals surface area contributed by atoms with Crippen molar-refractivity contribution < 1.29 is 9.53 Å². The van der Waals surface area contributed by atoms with E-state index in [0.717, 1.165) is 23.2 Å². The number of urea groups is 1. The molecule has 5 heteroatoms. The number of para-hydroxylation sites is 1. The van der Waals surface area contributed by atoms with E-state index in [2.05, 4.69) is 15.6 Å². The Morgan fingerprint density at radius 2 is 2.09 bits per heavy atom. The second kappa shape index (κ2) is 8.79. The Kier molecular flexibility index (Phi) is 6.39. The monoisotopic (exact) mass is 299 g/mol. The molecular weight excluding hydrogens is 278 g/mol. The predicted octanol–water partition coefficient (Wildman–Crippen LogP) is 2.98. The number of nitrogens with one attached hydrogen (secondary N) is 2. The van der Waals surface area contributed by atoms with Gasteiger partial charge in [0.15, 0.2) is 0 Å². The average Bonchev–Trinajstić information content (AvgIpc) is 2.55. The van der Waals surface area contributed by atoms with E-state index in [4.69, 9.17) is 4.74 Å². The minimum Gasteiger partial charge on any atom is -0.377 e. The molecule has 2 N–H and O–H groups in total. The summed E-state index contributed by atoms with van der Waals surface area (Å²) < 4.78 is 5.40. The van der Waals surface area contributed by atoms with Crippen molar-refractivity contribution in [3.05, 3.63) is 59.9 Å². The molecule has 0 bridgehead atoms. The van der Waals surface area contributed by atoms with Crippen molar-refractivity contribution in [1.29, 1.82) is 0 Å². The summed E-state index contributed by atoms with van der Waals surface area (Å²) in [5, 5.41) is 5.70. The molecule has 0 saturated carbocycles. The molecule has 2 amide bonds. The summed E-state index contributed by atoms with van der Waals surface area (Å²) in [6.07, 6.45) is 4.29. The summed E-state index contributed by atoms with van der Waals surface area (Å²) in [6, 6.07) is 11.3. The molecule has 0 unspecified atom stereocenters. The van der Waals surface area contributed by atoms with Gasteiger partial charge in [-0.25, -0.2) is 4.79 Å². The van der Waals surface area contributed by atoms with E-state index in [1.54, 1.807) is 12.4 Å². The highest BCUT2D eigenvalue weighted by Crippen LogP contribution is 2.15. The van der Waals surface area contributed by atoms with Gasteiger partial charge in [0, 0.05) is 36.8 Å². The number of benzene rings is 1. The first kappa shape index (κ1) is 16.0. The minimum atomic E-state index is -0.215. The van der Waals surface area contributed by atoms with Gasteiger partial charge in [0.05, 0.1) is 6.61 Å². The molecule has 0 aliphatic heterocycles. The first-order valence-corrected chi connectivity index (χ1v) is 7.39. The number of amides is 2. The maximum Gasteiger partial charge on any atom is 0.319 e. The Hall–Kier alpha value is -2.40. The van der Waals surface area contributed by atoms with Crippen LogP contribution in [0.4, 0.5) is 10.5 Å². The van der Waals surface area contributed by atoms with Crippen LogP contribution in [0.15, 0.2) is 48.8 Å². The first-order valence-electron chi connectivity index (χ1n) is 7.39. The number of carbonyl (C=O) groups excluding carboxylic acids is 1. The lowest BCUT2D eigenvalue weighted by molar-refractivity contribution is 0.134. The van der Waals surface area contributed by atoms with E-state index in [9.17, 15) is 4.79 Å².